The molecule has 1 heterocycles. The summed E-state index contributed by atoms with van der Waals surface area (Å²) in [6, 6.07) is 16.4. The van der Waals surface area contributed by atoms with Gasteiger partial charge >= 0.3 is 0 Å². The van der Waals surface area contributed by atoms with Gasteiger partial charge in [0.1, 0.15) is 0 Å². The third-order valence-electron chi connectivity index (χ3n) is 4.99. The van der Waals surface area contributed by atoms with Crippen molar-refractivity contribution in [1.82, 2.24) is 20.4 Å². The number of nitrogens with zero attached hydrogens (tertiary/aromatic N) is 3. The summed E-state index contributed by atoms with van der Waals surface area (Å²) in [5, 5.41) is 11.1. The Morgan fingerprint density at radius 1 is 0.970 bits per heavy atom. The van der Waals surface area contributed by atoms with Crippen LogP contribution in [0.5, 0.6) is 11.5 Å². The summed E-state index contributed by atoms with van der Waals surface area (Å²) in [6.07, 6.45) is 4.62. The van der Waals surface area contributed by atoms with Crippen molar-refractivity contribution in [1.29, 1.82) is 0 Å². The molecule has 0 radical (unpaired) electrons. The highest BCUT2D eigenvalue weighted by Gasteiger charge is 2.07. The lowest BCUT2D eigenvalue weighted by atomic mass is 10.1. The average molecular weight is 563 g/mol. The highest BCUT2D eigenvalue weighted by Crippen LogP contribution is 2.28. The maximum atomic E-state index is 5.73. The highest BCUT2D eigenvalue weighted by atomic mass is 127. The molecular weight excluding hydrogens is 529 g/mol. The molecule has 2 aromatic carbocycles. The lowest BCUT2D eigenvalue weighted by Crippen LogP contribution is -2.38. The summed E-state index contributed by atoms with van der Waals surface area (Å²) in [6.45, 7) is 7.38. The number of ether oxygens (including phenoxy) is 2. The van der Waals surface area contributed by atoms with E-state index in [1.54, 1.807) is 13.2 Å². The molecule has 0 aliphatic carbocycles. The van der Waals surface area contributed by atoms with E-state index in [0.29, 0.717) is 19.8 Å². The Labute approximate surface area is 213 Å². The van der Waals surface area contributed by atoms with Gasteiger partial charge in [-0.15, -0.1) is 24.0 Å². The number of hydrogen-bond donors (Lipinski definition) is 2. The molecule has 8 heteroatoms. The molecule has 7 nitrogen and oxygen atoms in total. The van der Waals surface area contributed by atoms with Crippen LogP contribution in [-0.2, 0) is 19.5 Å². The molecule has 33 heavy (non-hydrogen) atoms. The fraction of sp³-hybridized carbons (Fsp3) is 0.360. The zero-order valence-corrected chi connectivity index (χ0v) is 21.9. The minimum atomic E-state index is 0. The van der Waals surface area contributed by atoms with Gasteiger partial charge in [0.05, 0.1) is 19.8 Å². The van der Waals surface area contributed by atoms with Crippen LogP contribution in [0.2, 0.25) is 0 Å². The monoisotopic (exact) mass is 563 g/mol. The van der Waals surface area contributed by atoms with Crippen molar-refractivity contribution in [3.8, 4) is 11.5 Å². The van der Waals surface area contributed by atoms with Gasteiger partial charge in [-0.2, -0.15) is 5.10 Å². The number of guanidine groups is 1. The van der Waals surface area contributed by atoms with E-state index in [1.807, 2.05) is 36.9 Å². The van der Waals surface area contributed by atoms with Gasteiger partial charge in [0.2, 0.25) is 0 Å². The molecule has 0 atom stereocenters. The van der Waals surface area contributed by atoms with Gasteiger partial charge in [-0.3, -0.25) is 9.67 Å². The third kappa shape index (κ3) is 8.27. The van der Waals surface area contributed by atoms with Crippen molar-refractivity contribution in [3.05, 3.63) is 77.6 Å². The topological polar surface area (TPSA) is 72.7 Å². The van der Waals surface area contributed by atoms with Crippen LogP contribution in [0.3, 0.4) is 0 Å². The number of aromatic nitrogens is 2. The quantitative estimate of drug-likeness (QED) is 0.207. The number of rotatable bonds is 11. The fourth-order valence-corrected chi connectivity index (χ4v) is 3.43. The maximum absolute atomic E-state index is 5.73. The second-order valence-electron chi connectivity index (χ2n) is 7.22. The van der Waals surface area contributed by atoms with Gasteiger partial charge in [0, 0.05) is 32.5 Å². The summed E-state index contributed by atoms with van der Waals surface area (Å²) in [5.41, 5.74) is 3.64. The van der Waals surface area contributed by atoms with E-state index in [4.69, 9.17) is 9.47 Å². The maximum Gasteiger partial charge on any atom is 0.191 e. The first-order chi connectivity index (χ1) is 15.7. The van der Waals surface area contributed by atoms with Crippen LogP contribution < -0.4 is 20.1 Å². The van der Waals surface area contributed by atoms with Gasteiger partial charge in [-0.1, -0.05) is 30.3 Å². The zero-order chi connectivity index (χ0) is 22.6. The summed E-state index contributed by atoms with van der Waals surface area (Å²) in [7, 11) is 1.79. The predicted molar refractivity (Wildman–Crippen MR) is 144 cm³/mol. The largest absolute Gasteiger partial charge is 0.490 e. The van der Waals surface area contributed by atoms with Crippen LogP contribution in [0.15, 0.2) is 65.9 Å². The third-order valence-corrected chi connectivity index (χ3v) is 4.99. The van der Waals surface area contributed by atoms with Crippen LogP contribution in [0, 0.1) is 0 Å². The first-order valence-corrected chi connectivity index (χ1v) is 11.1. The van der Waals surface area contributed by atoms with Crippen molar-refractivity contribution in [2.24, 2.45) is 4.99 Å². The van der Waals surface area contributed by atoms with Crippen molar-refractivity contribution in [2.75, 3.05) is 26.8 Å². The molecule has 0 saturated carbocycles. The number of nitrogens with one attached hydrogen (secondary N) is 2. The molecule has 0 aliphatic heterocycles. The van der Waals surface area contributed by atoms with Gasteiger partial charge in [0.15, 0.2) is 17.5 Å². The zero-order valence-electron chi connectivity index (χ0n) is 19.6. The van der Waals surface area contributed by atoms with Crippen LogP contribution in [0.1, 0.15) is 30.5 Å². The number of hydrogen-bond acceptors (Lipinski definition) is 4. The number of benzene rings is 2. The Balaban J connectivity index is 0.00000385. The normalized spacial score (nSPS) is 10.9. The Hall–Kier alpha value is -2.75. The van der Waals surface area contributed by atoms with Crippen LogP contribution in [-0.4, -0.2) is 42.5 Å². The molecule has 0 saturated heterocycles. The van der Waals surface area contributed by atoms with Crippen LogP contribution in [0.25, 0.3) is 0 Å². The Morgan fingerprint density at radius 2 is 1.73 bits per heavy atom. The average Bonchev–Trinajstić information content (AvgIpc) is 3.32. The molecule has 0 fully saturated rings. The molecule has 3 rings (SSSR count). The minimum absolute atomic E-state index is 0. The lowest BCUT2D eigenvalue weighted by Gasteiger charge is -2.15. The first-order valence-electron chi connectivity index (χ1n) is 11.1. The number of halogens is 1. The van der Waals surface area contributed by atoms with Crippen LogP contribution >= 0.6 is 24.0 Å². The lowest BCUT2D eigenvalue weighted by molar-refractivity contribution is 0.287. The van der Waals surface area contributed by atoms with E-state index in [-0.39, 0.29) is 24.0 Å². The van der Waals surface area contributed by atoms with Gasteiger partial charge in [-0.25, -0.2) is 0 Å². The summed E-state index contributed by atoms with van der Waals surface area (Å²) < 4.78 is 13.3. The molecule has 3 aromatic rings. The second-order valence-corrected chi connectivity index (χ2v) is 7.22. The van der Waals surface area contributed by atoms with E-state index in [0.717, 1.165) is 37.0 Å². The van der Waals surface area contributed by atoms with Crippen molar-refractivity contribution in [2.45, 2.75) is 33.4 Å². The van der Waals surface area contributed by atoms with Crippen molar-refractivity contribution >= 4 is 29.9 Å². The standard InChI is InChI=1S/C25H33N5O2.HI/c1-4-31-23-12-11-20(17-24(23)32-5-2)13-15-27-25(26-3)28-18-21-9-6-7-10-22(21)19-30-16-8-14-29-30;/h6-12,14,16-17H,4-5,13,15,18-19H2,1-3H3,(H2,26,27,28);1H. The molecule has 2 N–H and O–H groups in total. The van der Waals surface area contributed by atoms with Gasteiger partial charge in [-0.05, 0) is 55.2 Å². The van der Waals surface area contributed by atoms with E-state index < -0.39 is 0 Å². The minimum Gasteiger partial charge on any atom is -0.490 e. The summed E-state index contributed by atoms with van der Waals surface area (Å²) >= 11 is 0. The van der Waals surface area contributed by atoms with E-state index >= 15 is 0 Å². The molecular formula is C25H34IN5O2. The smallest absolute Gasteiger partial charge is 0.191 e. The fourth-order valence-electron chi connectivity index (χ4n) is 3.43. The molecule has 0 unspecified atom stereocenters. The SMILES string of the molecule is CCOc1ccc(CCNC(=NC)NCc2ccccc2Cn2cccn2)cc1OCC.I. The predicted octanol–water partition coefficient (Wildman–Crippen LogP) is 4.25. The molecule has 1 aromatic heterocycles. The first kappa shape index (κ1) is 26.5. The number of aliphatic imine (C=N–C) groups is 1. The molecule has 0 aliphatic rings. The highest BCUT2D eigenvalue weighted by molar-refractivity contribution is 14.0. The van der Waals surface area contributed by atoms with Gasteiger partial charge < -0.3 is 20.1 Å². The van der Waals surface area contributed by atoms with Crippen molar-refractivity contribution < 1.29 is 9.47 Å². The molecule has 0 bridgehead atoms. The molecule has 0 amide bonds. The van der Waals surface area contributed by atoms with E-state index in [9.17, 15) is 0 Å². The second kappa shape index (κ2) is 14.4. The van der Waals surface area contributed by atoms with Crippen molar-refractivity contribution in [3.63, 3.8) is 0 Å². The summed E-state index contributed by atoms with van der Waals surface area (Å²) in [4.78, 5) is 4.36. The Bertz CT molecular complexity index is 992. The van der Waals surface area contributed by atoms with E-state index in [1.165, 1.54) is 16.7 Å². The van der Waals surface area contributed by atoms with Crippen LogP contribution in [0.4, 0.5) is 0 Å². The molecule has 0 spiro atoms. The summed E-state index contributed by atoms with van der Waals surface area (Å²) in [5.74, 6) is 2.36. The van der Waals surface area contributed by atoms with E-state index in [2.05, 4.69) is 57.1 Å². The molecule has 178 valence electrons. The Kier molecular flexibility index (Phi) is 11.6. The Morgan fingerprint density at radius 3 is 2.42 bits per heavy atom. The van der Waals surface area contributed by atoms with Gasteiger partial charge in [0.25, 0.3) is 0 Å².